The lowest BCUT2D eigenvalue weighted by molar-refractivity contribution is 0.415. The molecule has 20 heavy (non-hydrogen) atoms. The lowest BCUT2D eigenvalue weighted by Crippen LogP contribution is -2.07. The van der Waals surface area contributed by atoms with Gasteiger partial charge in [0.2, 0.25) is 0 Å². The Morgan fingerprint density at radius 3 is 2.60 bits per heavy atom. The molecule has 1 aromatic carbocycles. The molecule has 1 N–H and O–H groups in total. The smallest absolute Gasteiger partial charge is 0.162 e. The van der Waals surface area contributed by atoms with E-state index in [-0.39, 0.29) is 0 Å². The lowest BCUT2D eigenvalue weighted by Gasteiger charge is -2.20. The predicted molar refractivity (Wildman–Crippen MR) is 82.5 cm³/mol. The van der Waals surface area contributed by atoms with Crippen LogP contribution < -0.4 is 10.1 Å². The fraction of sp³-hybridized carbons (Fsp3) is 0.353. The van der Waals surface area contributed by atoms with Crippen molar-refractivity contribution in [2.24, 2.45) is 0 Å². The van der Waals surface area contributed by atoms with Crippen LogP contribution in [0.5, 0.6) is 5.75 Å². The fourth-order valence-corrected chi connectivity index (χ4v) is 2.36. The van der Waals surface area contributed by atoms with Crippen LogP contribution in [-0.2, 0) is 0 Å². The van der Waals surface area contributed by atoms with Crippen LogP contribution in [0.2, 0.25) is 0 Å². The van der Waals surface area contributed by atoms with Gasteiger partial charge in [-0.1, -0.05) is 6.08 Å². The second-order valence-electron chi connectivity index (χ2n) is 4.96. The van der Waals surface area contributed by atoms with Crippen molar-refractivity contribution in [2.45, 2.75) is 32.6 Å². The van der Waals surface area contributed by atoms with Gasteiger partial charge in [-0.05, 0) is 62.4 Å². The quantitative estimate of drug-likeness (QED) is 0.797. The molecule has 0 fully saturated rings. The maximum Gasteiger partial charge on any atom is 0.162 e. The average molecular weight is 268 g/mol. The van der Waals surface area contributed by atoms with E-state index in [0.717, 1.165) is 30.0 Å². The van der Waals surface area contributed by atoms with Crippen LogP contribution in [0.3, 0.4) is 0 Å². The highest BCUT2D eigenvalue weighted by atomic mass is 16.5. The van der Waals surface area contributed by atoms with Crippen molar-refractivity contribution in [3.63, 3.8) is 0 Å². The molecule has 0 saturated heterocycles. The second kappa shape index (κ2) is 6.81. The van der Waals surface area contributed by atoms with Crippen LogP contribution in [0, 0.1) is 6.57 Å². The monoisotopic (exact) mass is 268 g/mol. The number of nitrogens with zero attached hydrogens (tertiary/aromatic N) is 1. The third-order valence-corrected chi connectivity index (χ3v) is 3.46. The number of ether oxygens (including phenoxy) is 1. The van der Waals surface area contributed by atoms with Gasteiger partial charge in [0.15, 0.2) is 5.70 Å². The average Bonchev–Trinajstić information content (AvgIpc) is 2.50. The number of anilines is 1. The van der Waals surface area contributed by atoms with E-state index in [9.17, 15) is 0 Å². The summed E-state index contributed by atoms with van der Waals surface area (Å²) in [6, 6.07) is 7.93. The Morgan fingerprint density at radius 1 is 1.25 bits per heavy atom. The normalized spacial score (nSPS) is 15.8. The molecule has 3 nitrogen and oxygen atoms in total. The molecule has 0 heterocycles. The van der Waals surface area contributed by atoms with E-state index in [1.807, 2.05) is 37.3 Å². The molecule has 3 heteroatoms. The molecule has 0 aliphatic heterocycles. The van der Waals surface area contributed by atoms with Crippen LogP contribution in [0.25, 0.3) is 4.85 Å². The Morgan fingerprint density at radius 2 is 1.95 bits per heavy atom. The standard InChI is InChI=1S/C17H20N2O/c1-13(18-2)12-14-6-4-5-7-17(14)19-15-8-10-16(20-3)11-9-15/h8-12,19H,4-7H2,1,3H3/b13-12-. The van der Waals surface area contributed by atoms with Crippen LogP contribution >= 0.6 is 0 Å². The highest BCUT2D eigenvalue weighted by Gasteiger charge is 2.11. The Kier molecular flexibility index (Phi) is 4.84. The first-order chi connectivity index (χ1) is 9.72. The largest absolute Gasteiger partial charge is 0.497 e. The maximum absolute atomic E-state index is 7.06. The SMILES string of the molecule is [C-]#[N+]/C(C)=C\C1=C(Nc2ccc(OC)cc2)CCCC1. The molecule has 0 unspecified atom stereocenters. The summed E-state index contributed by atoms with van der Waals surface area (Å²) in [5.74, 6) is 0.858. The van der Waals surface area contributed by atoms with E-state index in [1.165, 1.54) is 24.1 Å². The van der Waals surface area contributed by atoms with Crippen molar-refractivity contribution in [1.82, 2.24) is 0 Å². The van der Waals surface area contributed by atoms with E-state index >= 15 is 0 Å². The van der Waals surface area contributed by atoms with Gasteiger partial charge in [-0.3, -0.25) is 0 Å². The van der Waals surface area contributed by atoms with Crippen LogP contribution in [0.1, 0.15) is 32.6 Å². The molecule has 0 bridgehead atoms. The summed E-state index contributed by atoms with van der Waals surface area (Å²) in [6.45, 7) is 8.92. The molecule has 1 aliphatic rings. The summed E-state index contributed by atoms with van der Waals surface area (Å²) in [4.78, 5) is 3.48. The minimum Gasteiger partial charge on any atom is -0.497 e. The van der Waals surface area contributed by atoms with Crippen molar-refractivity contribution >= 4 is 5.69 Å². The van der Waals surface area contributed by atoms with Gasteiger partial charge in [0.25, 0.3) is 0 Å². The summed E-state index contributed by atoms with van der Waals surface area (Å²) < 4.78 is 5.16. The predicted octanol–water partition coefficient (Wildman–Crippen LogP) is 4.76. The number of nitrogens with one attached hydrogen (secondary N) is 1. The lowest BCUT2D eigenvalue weighted by atomic mass is 9.95. The van der Waals surface area contributed by atoms with Gasteiger partial charge in [0.1, 0.15) is 5.75 Å². The van der Waals surface area contributed by atoms with E-state index in [1.54, 1.807) is 7.11 Å². The van der Waals surface area contributed by atoms with Crippen molar-refractivity contribution in [3.05, 3.63) is 58.7 Å². The fourth-order valence-electron chi connectivity index (χ4n) is 2.36. The summed E-state index contributed by atoms with van der Waals surface area (Å²) in [5, 5.41) is 3.49. The van der Waals surface area contributed by atoms with E-state index in [0.29, 0.717) is 0 Å². The van der Waals surface area contributed by atoms with E-state index < -0.39 is 0 Å². The van der Waals surface area contributed by atoms with Crippen LogP contribution in [0.4, 0.5) is 5.69 Å². The summed E-state index contributed by atoms with van der Waals surface area (Å²) in [6.07, 6.45) is 6.50. The molecule has 0 aromatic heterocycles. The Bertz CT molecular complexity index is 562. The molecule has 104 valence electrons. The van der Waals surface area contributed by atoms with Gasteiger partial charge >= 0.3 is 0 Å². The first kappa shape index (κ1) is 14.2. The third kappa shape index (κ3) is 3.64. The van der Waals surface area contributed by atoms with Crippen LogP contribution in [0.15, 0.2) is 47.3 Å². The Hall–Kier alpha value is -2.21. The van der Waals surface area contributed by atoms with Gasteiger partial charge in [0.05, 0.1) is 13.7 Å². The highest BCUT2D eigenvalue weighted by molar-refractivity contribution is 5.52. The van der Waals surface area contributed by atoms with Crippen molar-refractivity contribution < 1.29 is 4.74 Å². The van der Waals surface area contributed by atoms with Crippen LogP contribution in [-0.4, -0.2) is 7.11 Å². The molecule has 0 atom stereocenters. The zero-order valence-electron chi connectivity index (χ0n) is 12.1. The van der Waals surface area contributed by atoms with Crippen molar-refractivity contribution in [3.8, 4) is 5.75 Å². The Labute approximate surface area is 120 Å². The summed E-state index contributed by atoms with van der Waals surface area (Å²) in [7, 11) is 1.67. The first-order valence-electron chi connectivity index (χ1n) is 6.92. The highest BCUT2D eigenvalue weighted by Crippen LogP contribution is 2.28. The number of allylic oxidation sites excluding steroid dienone is 4. The number of hydrogen-bond acceptors (Lipinski definition) is 2. The second-order valence-corrected chi connectivity index (χ2v) is 4.96. The van der Waals surface area contributed by atoms with Gasteiger partial charge in [-0.2, -0.15) is 0 Å². The van der Waals surface area contributed by atoms with E-state index in [4.69, 9.17) is 11.3 Å². The minimum absolute atomic E-state index is 0.746. The molecule has 2 rings (SSSR count). The van der Waals surface area contributed by atoms with Gasteiger partial charge in [0, 0.05) is 11.4 Å². The molecular formula is C17H20N2O. The van der Waals surface area contributed by atoms with E-state index in [2.05, 4.69) is 10.2 Å². The minimum atomic E-state index is 0.746. The number of hydrogen-bond donors (Lipinski definition) is 1. The first-order valence-corrected chi connectivity index (χ1v) is 6.92. The summed E-state index contributed by atoms with van der Waals surface area (Å²) >= 11 is 0. The molecule has 0 saturated carbocycles. The maximum atomic E-state index is 7.06. The Balaban J connectivity index is 2.21. The van der Waals surface area contributed by atoms with Gasteiger partial charge < -0.3 is 10.1 Å². The molecule has 1 aliphatic carbocycles. The molecular weight excluding hydrogens is 248 g/mol. The number of methoxy groups -OCH3 is 1. The topological polar surface area (TPSA) is 25.6 Å². The zero-order valence-corrected chi connectivity index (χ0v) is 12.1. The van der Waals surface area contributed by atoms with Crippen molar-refractivity contribution in [1.29, 1.82) is 0 Å². The third-order valence-electron chi connectivity index (χ3n) is 3.46. The van der Waals surface area contributed by atoms with Gasteiger partial charge in [-0.25, -0.2) is 4.85 Å². The molecule has 0 spiro atoms. The van der Waals surface area contributed by atoms with Gasteiger partial charge in [-0.15, -0.1) is 0 Å². The number of benzene rings is 1. The van der Waals surface area contributed by atoms with Crippen molar-refractivity contribution in [2.75, 3.05) is 12.4 Å². The number of rotatable bonds is 4. The molecule has 0 radical (unpaired) electrons. The zero-order chi connectivity index (χ0) is 14.4. The molecule has 0 amide bonds. The molecule has 1 aromatic rings. The summed E-state index contributed by atoms with van der Waals surface area (Å²) in [5.41, 5.74) is 4.31.